The van der Waals surface area contributed by atoms with Crippen LogP contribution in [0.25, 0.3) is 0 Å². The van der Waals surface area contributed by atoms with Crippen molar-refractivity contribution >= 4 is 17.4 Å². The van der Waals surface area contributed by atoms with Gasteiger partial charge in [-0.05, 0) is 25.9 Å². The lowest BCUT2D eigenvalue weighted by Crippen LogP contribution is -2.41. The molecule has 0 unspecified atom stereocenters. The van der Waals surface area contributed by atoms with Crippen molar-refractivity contribution in [1.82, 2.24) is 15.1 Å². The maximum Gasteiger partial charge on any atom is 0.188 e. The lowest BCUT2D eigenvalue weighted by atomic mass is 9.76. The quantitative estimate of drug-likeness (QED) is 0.838. The van der Waals surface area contributed by atoms with Crippen molar-refractivity contribution in [3.63, 3.8) is 0 Å². The summed E-state index contributed by atoms with van der Waals surface area (Å²) >= 11 is 6.14. The predicted molar refractivity (Wildman–Crippen MR) is 73.7 cm³/mol. The highest BCUT2D eigenvalue weighted by Gasteiger charge is 2.37. The normalized spacial score (nSPS) is 18.5. The minimum absolute atomic E-state index is 0.0904. The summed E-state index contributed by atoms with van der Waals surface area (Å²) in [5, 5.41) is 7.88. The van der Waals surface area contributed by atoms with Gasteiger partial charge in [-0.1, -0.05) is 18.5 Å². The molecule has 1 saturated heterocycles. The first-order chi connectivity index (χ1) is 9.08. The smallest absolute Gasteiger partial charge is 0.188 e. The van der Waals surface area contributed by atoms with Gasteiger partial charge >= 0.3 is 0 Å². The molecule has 0 bridgehead atoms. The van der Waals surface area contributed by atoms with Crippen molar-refractivity contribution in [3.8, 4) is 0 Å². The zero-order valence-electron chi connectivity index (χ0n) is 11.4. The molecule has 106 valence electrons. The monoisotopic (exact) mass is 285 g/mol. The molecule has 0 aromatic carbocycles. The van der Waals surface area contributed by atoms with Crippen LogP contribution in [0.2, 0.25) is 5.02 Å². The molecule has 2 rings (SSSR count). The highest BCUT2D eigenvalue weighted by molar-refractivity contribution is 6.33. The number of carbonyl (C=O) groups is 1. The molecule has 0 aliphatic carbocycles. The van der Waals surface area contributed by atoms with E-state index in [-0.39, 0.29) is 11.2 Å². The summed E-state index contributed by atoms with van der Waals surface area (Å²) in [5.41, 5.74) is 0.169. The van der Waals surface area contributed by atoms with E-state index in [1.165, 1.54) is 6.20 Å². The summed E-state index contributed by atoms with van der Waals surface area (Å²) in [6, 6.07) is 0. The Morgan fingerprint density at radius 2 is 2.26 bits per heavy atom. The molecular formula is C13H20ClN3O2. The first-order valence-corrected chi connectivity index (χ1v) is 6.92. The Morgan fingerprint density at radius 1 is 1.58 bits per heavy atom. The van der Waals surface area contributed by atoms with Crippen molar-refractivity contribution in [2.24, 2.45) is 5.41 Å². The van der Waals surface area contributed by atoms with Gasteiger partial charge in [0.15, 0.2) is 5.78 Å². The number of aromatic nitrogens is 2. The van der Waals surface area contributed by atoms with Gasteiger partial charge in [0, 0.05) is 12.5 Å². The van der Waals surface area contributed by atoms with Crippen LogP contribution < -0.4 is 5.32 Å². The van der Waals surface area contributed by atoms with Crippen LogP contribution in [0.1, 0.15) is 30.3 Å². The van der Waals surface area contributed by atoms with E-state index in [9.17, 15) is 4.79 Å². The number of rotatable bonds is 5. The minimum Gasteiger partial charge on any atom is -0.383 e. The maximum atomic E-state index is 12.8. The second-order valence-corrected chi connectivity index (χ2v) is 5.60. The van der Waals surface area contributed by atoms with E-state index in [4.69, 9.17) is 16.3 Å². The van der Waals surface area contributed by atoms with Gasteiger partial charge in [0.25, 0.3) is 0 Å². The van der Waals surface area contributed by atoms with Gasteiger partial charge in [0.1, 0.15) is 5.69 Å². The molecule has 6 heteroatoms. The summed E-state index contributed by atoms with van der Waals surface area (Å²) in [6.07, 6.45) is 3.20. The molecular weight excluding hydrogens is 266 g/mol. The number of carbonyl (C=O) groups excluding carboxylic acids is 1. The first-order valence-electron chi connectivity index (χ1n) is 6.54. The van der Waals surface area contributed by atoms with E-state index in [2.05, 4.69) is 10.4 Å². The fourth-order valence-electron chi connectivity index (χ4n) is 2.43. The van der Waals surface area contributed by atoms with Gasteiger partial charge in [0.2, 0.25) is 0 Å². The second-order valence-electron chi connectivity index (χ2n) is 5.20. The average Bonchev–Trinajstić information content (AvgIpc) is 2.77. The van der Waals surface area contributed by atoms with Crippen LogP contribution in [0.4, 0.5) is 0 Å². The molecule has 1 aliphatic rings. The zero-order valence-corrected chi connectivity index (χ0v) is 12.2. The molecule has 0 saturated carbocycles. The molecule has 1 fully saturated rings. The van der Waals surface area contributed by atoms with Crippen LogP contribution >= 0.6 is 11.6 Å². The van der Waals surface area contributed by atoms with Crippen molar-refractivity contribution in [2.75, 3.05) is 26.8 Å². The van der Waals surface area contributed by atoms with Gasteiger partial charge in [0.05, 0.1) is 24.4 Å². The Morgan fingerprint density at radius 3 is 2.89 bits per heavy atom. The fraction of sp³-hybridized carbons (Fsp3) is 0.692. The molecule has 1 aromatic heterocycles. The lowest BCUT2D eigenvalue weighted by molar-refractivity contribution is 0.0747. The number of nitrogens with one attached hydrogen (secondary N) is 1. The van der Waals surface area contributed by atoms with Gasteiger partial charge < -0.3 is 10.1 Å². The van der Waals surface area contributed by atoms with Crippen molar-refractivity contribution in [1.29, 1.82) is 0 Å². The number of methoxy groups -OCH3 is 1. The third-order valence-electron chi connectivity index (χ3n) is 3.77. The number of nitrogens with zero attached hydrogens (tertiary/aromatic N) is 2. The minimum atomic E-state index is -0.347. The van der Waals surface area contributed by atoms with Crippen LogP contribution in [0.3, 0.4) is 0 Å². The molecule has 0 radical (unpaired) electrons. The second kappa shape index (κ2) is 6.03. The molecule has 1 N–H and O–H groups in total. The fourth-order valence-corrected chi connectivity index (χ4v) is 2.65. The molecule has 1 aliphatic heterocycles. The number of hydrogen-bond acceptors (Lipinski definition) is 4. The molecule has 0 spiro atoms. The number of ether oxygens (including phenoxy) is 1. The van der Waals surface area contributed by atoms with Crippen molar-refractivity contribution in [2.45, 2.75) is 26.3 Å². The SMILES string of the molecule is COCCn1ncc(Cl)c1C(=O)C1(C)CCNCC1. The van der Waals surface area contributed by atoms with Crippen LogP contribution in [0.15, 0.2) is 6.20 Å². The van der Waals surface area contributed by atoms with E-state index in [1.807, 2.05) is 6.92 Å². The zero-order chi connectivity index (χ0) is 13.9. The van der Waals surface area contributed by atoms with E-state index in [1.54, 1.807) is 11.8 Å². The molecule has 5 nitrogen and oxygen atoms in total. The number of hydrogen-bond donors (Lipinski definition) is 1. The van der Waals surface area contributed by atoms with Gasteiger partial charge in [-0.15, -0.1) is 0 Å². The standard InChI is InChI=1S/C13H20ClN3O2/c1-13(3-5-15-6-4-13)12(18)11-10(14)9-16-17(11)7-8-19-2/h9,15H,3-8H2,1-2H3. The topological polar surface area (TPSA) is 56.2 Å². The summed E-state index contributed by atoms with van der Waals surface area (Å²) < 4.78 is 6.69. The average molecular weight is 286 g/mol. The Bertz CT molecular complexity index is 453. The first kappa shape index (κ1) is 14.5. The Labute approximate surface area is 118 Å². The number of piperidine rings is 1. The van der Waals surface area contributed by atoms with Crippen LogP contribution in [0.5, 0.6) is 0 Å². The molecule has 19 heavy (non-hydrogen) atoms. The van der Waals surface area contributed by atoms with Crippen LogP contribution in [-0.2, 0) is 11.3 Å². The molecule has 2 heterocycles. The van der Waals surface area contributed by atoms with Crippen LogP contribution in [-0.4, -0.2) is 42.4 Å². The largest absolute Gasteiger partial charge is 0.383 e. The molecule has 0 amide bonds. The summed E-state index contributed by atoms with van der Waals surface area (Å²) in [4.78, 5) is 12.8. The maximum absolute atomic E-state index is 12.8. The summed E-state index contributed by atoms with van der Waals surface area (Å²) in [7, 11) is 1.63. The van der Waals surface area contributed by atoms with Crippen molar-refractivity contribution in [3.05, 3.63) is 16.9 Å². The molecule has 0 atom stereocenters. The third kappa shape index (κ3) is 2.99. The summed E-state index contributed by atoms with van der Waals surface area (Å²) in [5.74, 6) is 0.0904. The lowest BCUT2D eigenvalue weighted by Gasteiger charge is -2.32. The number of Topliss-reactive ketones (excluding diaryl/α,β-unsaturated/α-hetero) is 1. The van der Waals surface area contributed by atoms with Crippen LogP contribution in [0, 0.1) is 5.41 Å². The third-order valence-corrected chi connectivity index (χ3v) is 4.05. The highest BCUT2D eigenvalue weighted by atomic mass is 35.5. The highest BCUT2D eigenvalue weighted by Crippen LogP contribution is 2.34. The predicted octanol–water partition coefficient (Wildman–Crippen LogP) is 1.76. The van der Waals surface area contributed by atoms with E-state index < -0.39 is 0 Å². The van der Waals surface area contributed by atoms with Crippen molar-refractivity contribution < 1.29 is 9.53 Å². The Hall–Kier alpha value is -0.910. The van der Waals surface area contributed by atoms with E-state index in [0.717, 1.165) is 25.9 Å². The van der Waals surface area contributed by atoms with E-state index >= 15 is 0 Å². The van der Waals surface area contributed by atoms with Gasteiger partial charge in [-0.25, -0.2) is 0 Å². The summed E-state index contributed by atoms with van der Waals surface area (Å²) in [6.45, 7) is 4.80. The van der Waals surface area contributed by atoms with E-state index in [0.29, 0.717) is 23.9 Å². The number of ketones is 1. The van der Waals surface area contributed by atoms with Gasteiger partial charge in [-0.3, -0.25) is 9.48 Å². The Kier molecular flexibility index (Phi) is 4.60. The van der Waals surface area contributed by atoms with Gasteiger partial charge in [-0.2, -0.15) is 5.10 Å². The number of halogens is 1. The Balaban J connectivity index is 2.24. The molecule has 1 aromatic rings.